The summed E-state index contributed by atoms with van der Waals surface area (Å²) in [6.45, 7) is 0.545. The number of anilines is 1. The standard InChI is InChI=1S/C16H19ClN2O3/c17-11-3-5-12(6-4-11)19-10-7-13(14(19)20)18-15(21)16(22)8-1-2-9-16/h3-6,13,22H,1-2,7-10H2,(H,18,21). The molecule has 2 aliphatic rings. The summed E-state index contributed by atoms with van der Waals surface area (Å²) in [5.41, 5.74) is -0.528. The number of nitrogens with zero attached hydrogens (tertiary/aromatic N) is 1. The largest absolute Gasteiger partial charge is 0.380 e. The van der Waals surface area contributed by atoms with E-state index in [1.165, 1.54) is 0 Å². The number of carbonyl (C=O) groups is 2. The van der Waals surface area contributed by atoms with Gasteiger partial charge in [0, 0.05) is 17.3 Å². The van der Waals surface area contributed by atoms with E-state index in [-0.39, 0.29) is 5.91 Å². The van der Waals surface area contributed by atoms with E-state index in [9.17, 15) is 14.7 Å². The van der Waals surface area contributed by atoms with E-state index in [4.69, 9.17) is 11.6 Å². The molecule has 1 saturated heterocycles. The Morgan fingerprint density at radius 2 is 1.91 bits per heavy atom. The third-order valence-corrected chi connectivity index (χ3v) is 4.75. The first-order valence-electron chi connectivity index (χ1n) is 7.60. The summed E-state index contributed by atoms with van der Waals surface area (Å²) in [4.78, 5) is 26.3. The molecule has 1 aromatic carbocycles. The van der Waals surface area contributed by atoms with Crippen molar-refractivity contribution in [1.29, 1.82) is 0 Å². The lowest BCUT2D eigenvalue weighted by Gasteiger charge is -2.23. The maximum atomic E-state index is 12.4. The number of rotatable bonds is 3. The van der Waals surface area contributed by atoms with Crippen LogP contribution in [0.1, 0.15) is 32.1 Å². The van der Waals surface area contributed by atoms with Crippen molar-refractivity contribution in [2.75, 3.05) is 11.4 Å². The molecule has 118 valence electrons. The highest BCUT2D eigenvalue weighted by Gasteiger charge is 2.42. The van der Waals surface area contributed by atoms with Crippen LogP contribution in [0.25, 0.3) is 0 Å². The van der Waals surface area contributed by atoms with E-state index < -0.39 is 17.6 Å². The van der Waals surface area contributed by atoms with Gasteiger partial charge in [-0.25, -0.2) is 0 Å². The second kappa shape index (κ2) is 5.89. The highest BCUT2D eigenvalue weighted by molar-refractivity contribution is 6.30. The van der Waals surface area contributed by atoms with Crippen molar-refractivity contribution in [2.24, 2.45) is 0 Å². The first kappa shape index (κ1) is 15.3. The molecule has 1 atom stereocenters. The second-order valence-electron chi connectivity index (χ2n) is 6.02. The maximum absolute atomic E-state index is 12.4. The van der Waals surface area contributed by atoms with Crippen molar-refractivity contribution >= 4 is 29.1 Å². The summed E-state index contributed by atoms with van der Waals surface area (Å²) >= 11 is 5.85. The average Bonchev–Trinajstić information content (AvgIpc) is 3.09. The lowest BCUT2D eigenvalue weighted by atomic mass is 10.0. The van der Waals surface area contributed by atoms with Crippen LogP contribution < -0.4 is 10.2 Å². The van der Waals surface area contributed by atoms with Crippen molar-refractivity contribution in [3.63, 3.8) is 0 Å². The first-order chi connectivity index (χ1) is 10.5. The van der Waals surface area contributed by atoms with Crippen molar-refractivity contribution in [3.8, 4) is 0 Å². The van der Waals surface area contributed by atoms with Gasteiger partial charge in [-0.15, -0.1) is 0 Å². The molecule has 2 N–H and O–H groups in total. The Morgan fingerprint density at radius 1 is 1.27 bits per heavy atom. The van der Waals surface area contributed by atoms with Gasteiger partial charge in [0.15, 0.2) is 0 Å². The Morgan fingerprint density at radius 3 is 2.55 bits per heavy atom. The topological polar surface area (TPSA) is 69.6 Å². The zero-order chi connectivity index (χ0) is 15.7. The summed E-state index contributed by atoms with van der Waals surface area (Å²) in [5, 5.41) is 13.6. The van der Waals surface area contributed by atoms with Crippen LogP contribution in [0.5, 0.6) is 0 Å². The fraction of sp³-hybridized carbons (Fsp3) is 0.500. The Labute approximate surface area is 134 Å². The molecule has 0 spiro atoms. The van der Waals surface area contributed by atoms with Gasteiger partial charge in [-0.05, 0) is 56.4 Å². The fourth-order valence-electron chi connectivity index (χ4n) is 3.17. The molecule has 1 heterocycles. The van der Waals surface area contributed by atoms with Crippen LogP contribution >= 0.6 is 11.6 Å². The van der Waals surface area contributed by atoms with Crippen LogP contribution in [0.3, 0.4) is 0 Å². The van der Waals surface area contributed by atoms with Gasteiger partial charge in [-0.1, -0.05) is 11.6 Å². The molecule has 1 aliphatic carbocycles. The van der Waals surface area contributed by atoms with E-state index in [1.807, 2.05) is 0 Å². The van der Waals surface area contributed by atoms with Gasteiger partial charge in [0.05, 0.1) is 0 Å². The quantitative estimate of drug-likeness (QED) is 0.892. The minimum atomic E-state index is -1.30. The Balaban J connectivity index is 1.66. The second-order valence-corrected chi connectivity index (χ2v) is 6.46. The lowest BCUT2D eigenvalue weighted by Crippen LogP contribution is -2.51. The molecule has 2 fully saturated rings. The number of hydrogen-bond donors (Lipinski definition) is 2. The third-order valence-electron chi connectivity index (χ3n) is 4.50. The Bertz CT molecular complexity index is 582. The third kappa shape index (κ3) is 2.83. The fourth-order valence-corrected chi connectivity index (χ4v) is 3.30. The van der Waals surface area contributed by atoms with Gasteiger partial charge >= 0.3 is 0 Å². The first-order valence-corrected chi connectivity index (χ1v) is 7.98. The molecule has 0 radical (unpaired) electrons. The van der Waals surface area contributed by atoms with E-state index >= 15 is 0 Å². The molecule has 1 aliphatic heterocycles. The monoisotopic (exact) mass is 322 g/mol. The molecule has 2 amide bonds. The van der Waals surface area contributed by atoms with Crippen LogP contribution in [0, 0.1) is 0 Å². The summed E-state index contributed by atoms with van der Waals surface area (Å²) in [6, 6.07) is 6.48. The molecule has 6 heteroatoms. The van der Waals surface area contributed by atoms with E-state index in [0.717, 1.165) is 18.5 Å². The van der Waals surface area contributed by atoms with Crippen LogP contribution in [0.15, 0.2) is 24.3 Å². The summed E-state index contributed by atoms with van der Waals surface area (Å²) < 4.78 is 0. The van der Waals surface area contributed by atoms with Crippen molar-refractivity contribution < 1.29 is 14.7 Å². The zero-order valence-corrected chi connectivity index (χ0v) is 13.0. The van der Waals surface area contributed by atoms with Gasteiger partial charge in [0.25, 0.3) is 5.91 Å². The number of amides is 2. The number of aliphatic hydroxyl groups is 1. The molecule has 22 heavy (non-hydrogen) atoms. The molecular formula is C16H19ClN2O3. The van der Waals surface area contributed by atoms with Gasteiger partial charge in [-0.3, -0.25) is 9.59 Å². The summed E-state index contributed by atoms with van der Waals surface area (Å²) in [5.74, 6) is -0.557. The summed E-state index contributed by atoms with van der Waals surface area (Å²) in [6.07, 6.45) is 3.18. The number of benzene rings is 1. The van der Waals surface area contributed by atoms with Gasteiger partial charge in [-0.2, -0.15) is 0 Å². The highest BCUT2D eigenvalue weighted by atomic mass is 35.5. The smallest absolute Gasteiger partial charge is 0.252 e. The zero-order valence-electron chi connectivity index (χ0n) is 12.2. The highest BCUT2D eigenvalue weighted by Crippen LogP contribution is 2.30. The van der Waals surface area contributed by atoms with Crippen LogP contribution in [-0.4, -0.2) is 35.1 Å². The number of nitrogens with one attached hydrogen (secondary N) is 1. The predicted molar refractivity (Wildman–Crippen MR) is 83.8 cm³/mol. The Kier molecular flexibility index (Phi) is 4.10. The molecule has 0 aromatic heterocycles. The molecule has 0 bridgehead atoms. The normalized spacial score (nSPS) is 23.8. The van der Waals surface area contributed by atoms with E-state index in [0.29, 0.717) is 30.8 Å². The molecule has 1 unspecified atom stereocenters. The maximum Gasteiger partial charge on any atom is 0.252 e. The van der Waals surface area contributed by atoms with Crippen LogP contribution in [-0.2, 0) is 9.59 Å². The van der Waals surface area contributed by atoms with Crippen molar-refractivity contribution in [1.82, 2.24) is 5.32 Å². The average molecular weight is 323 g/mol. The van der Waals surface area contributed by atoms with Crippen LogP contribution in [0.2, 0.25) is 5.02 Å². The SMILES string of the molecule is O=C1C(NC(=O)C2(O)CCCC2)CCN1c1ccc(Cl)cc1. The van der Waals surface area contributed by atoms with Crippen molar-refractivity contribution in [2.45, 2.75) is 43.7 Å². The minimum Gasteiger partial charge on any atom is -0.380 e. The summed E-state index contributed by atoms with van der Waals surface area (Å²) in [7, 11) is 0. The number of halogens is 1. The minimum absolute atomic E-state index is 0.141. The molecule has 3 rings (SSSR count). The Hall–Kier alpha value is -1.59. The van der Waals surface area contributed by atoms with Gasteiger partial charge in [0.2, 0.25) is 5.91 Å². The van der Waals surface area contributed by atoms with E-state index in [1.54, 1.807) is 29.2 Å². The molecular weight excluding hydrogens is 304 g/mol. The van der Waals surface area contributed by atoms with Gasteiger partial charge < -0.3 is 15.3 Å². The van der Waals surface area contributed by atoms with Crippen LogP contribution in [0.4, 0.5) is 5.69 Å². The molecule has 5 nitrogen and oxygen atoms in total. The van der Waals surface area contributed by atoms with Gasteiger partial charge in [0.1, 0.15) is 11.6 Å². The van der Waals surface area contributed by atoms with Crippen molar-refractivity contribution in [3.05, 3.63) is 29.3 Å². The molecule has 1 saturated carbocycles. The predicted octanol–water partition coefficient (Wildman–Crippen LogP) is 1.87. The van der Waals surface area contributed by atoms with E-state index in [2.05, 4.69) is 5.32 Å². The molecule has 1 aromatic rings. The lowest BCUT2D eigenvalue weighted by molar-refractivity contribution is -0.141. The number of hydrogen-bond acceptors (Lipinski definition) is 3. The number of carbonyl (C=O) groups excluding carboxylic acids is 2.